The molecule has 0 atom stereocenters. The lowest BCUT2D eigenvalue weighted by Gasteiger charge is -2.18. The molecule has 2 rings (SSSR count). The van der Waals surface area contributed by atoms with Crippen molar-refractivity contribution in [3.8, 4) is 5.75 Å². The first-order valence-electron chi connectivity index (χ1n) is 4.83. The van der Waals surface area contributed by atoms with E-state index in [-0.39, 0.29) is 5.91 Å². The van der Waals surface area contributed by atoms with Crippen LogP contribution in [0.3, 0.4) is 0 Å². The highest BCUT2D eigenvalue weighted by Crippen LogP contribution is 2.40. The molecule has 0 spiro atoms. The van der Waals surface area contributed by atoms with Gasteiger partial charge in [0.05, 0.1) is 15.6 Å². The Morgan fingerprint density at radius 3 is 2.88 bits per heavy atom. The van der Waals surface area contributed by atoms with Gasteiger partial charge >= 0.3 is 0 Å². The fourth-order valence-electron chi connectivity index (χ4n) is 1.41. The number of nitrogens with one attached hydrogen (secondary N) is 1. The van der Waals surface area contributed by atoms with Crippen molar-refractivity contribution in [2.24, 2.45) is 5.41 Å². The number of rotatable bonds is 0. The average Bonchev–Trinajstić information content (AvgIpc) is 2.25. The van der Waals surface area contributed by atoms with Crippen molar-refractivity contribution >= 4 is 39.1 Å². The summed E-state index contributed by atoms with van der Waals surface area (Å²) in [4.78, 5) is 11.9. The van der Waals surface area contributed by atoms with E-state index in [1.54, 1.807) is 12.1 Å². The first-order chi connectivity index (χ1) is 7.40. The predicted molar refractivity (Wildman–Crippen MR) is 67.1 cm³/mol. The summed E-state index contributed by atoms with van der Waals surface area (Å²) < 4.78 is 6.37. The summed E-state index contributed by atoms with van der Waals surface area (Å²) in [6, 6.07) is 3.42. The molecule has 3 nitrogen and oxygen atoms in total. The quantitative estimate of drug-likeness (QED) is 0.797. The molecule has 0 bridgehead atoms. The number of ether oxygens (including phenoxy) is 1. The van der Waals surface area contributed by atoms with E-state index in [0.29, 0.717) is 23.1 Å². The molecule has 0 aromatic heterocycles. The number of halogens is 2. The maximum Gasteiger partial charge on any atom is 0.233 e. The third-order valence-electron chi connectivity index (χ3n) is 2.45. The number of anilines is 1. The lowest BCUT2D eigenvalue weighted by molar-refractivity contribution is -0.124. The second-order valence-corrected chi connectivity index (χ2v) is 5.68. The van der Waals surface area contributed by atoms with Crippen LogP contribution < -0.4 is 10.1 Å². The topological polar surface area (TPSA) is 38.3 Å². The van der Waals surface area contributed by atoms with Crippen LogP contribution in [0.15, 0.2) is 16.6 Å². The first kappa shape index (κ1) is 11.7. The molecule has 1 aliphatic heterocycles. The molecule has 0 fully saturated rings. The highest BCUT2D eigenvalue weighted by molar-refractivity contribution is 9.10. The van der Waals surface area contributed by atoms with Crippen LogP contribution in [0.5, 0.6) is 5.75 Å². The first-order valence-corrected chi connectivity index (χ1v) is 6.00. The van der Waals surface area contributed by atoms with Crippen LogP contribution in [0.4, 0.5) is 5.69 Å². The maximum atomic E-state index is 11.9. The molecule has 0 aliphatic carbocycles. The minimum Gasteiger partial charge on any atom is -0.489 e. The normalized spacial score (nSPS) is 18.1. The van der Waals surface area contributed by atoms with Crippen LogP contribution in [0.2, 0.25) is 5.02 Å². The van der Waals surface area contributed by atoms with Gasteiger partial charge in [-0.15, -0.1) is 0 Å². The van der Waals surface area contributed by atoms with Crippen molar-refractivity contribution in [2.45, 2.75) is 13.8 Å². The van der Waals surface area contributed by atoms with Crippen molar-refractivity contribution in [3.63, 3.8) is 0 Å². The standard InChI is InChI=1S/C11H11BrClNO2/c1-11(2)5-16-9-7(12)3-6(13)4-8(9)14-10(11)15/h3-4H,5H2,1-2H3,(H,14,15). The second kappa shape index (κ2) is 3.93. The Balaban J connectivity index is 2.49. The molecule has 1 aromatic rings. The van der Waals surface area contributed by atoms with E-state index in [1.807, 2.05) is 13.8 Å². The van der Waals surface area contributed by atoms with E-state index in [2.05, 4.69) is 21.2 Å². The minimum absolute atomic E-state index is 0.0691. The predicted octanol–water partition coefficient (Wildman–Crippen LogP) is 3.46. The van der Waals surface area contributed by atoms with E-state index in [9.17, 15) is 4.79 Å². The monoisotopic (exact) mass is 303 g/mol. The van der Waals surface area contributed by atoms with Crippen LogP contribution in [0.1, 0.15) is 13.8 Å². The van der Waals surface area contributed by atoms with Crippen LogP contribution in [-0.4, -0.2) is 12.5 Å². The molecule has 86 valence electrons. The van der Waals surface area contributed by atoms with E-state index >= 15 is 0 Å². The molecule has 1 aromatic carbocycles. The van der Waals surface area contributed by atoms with Gasteiger partial charge in [-0.25, -0.2) is 0 Å². The zero-order chi connectivity index (χ0) is 11.9. The van der Waals surface area contributed by atoms with Crippen molar-refractivity contribution < 1.29 is 9.53 Å². The zero-order valence-electron chi connectivity index (χ0n) is 8.93. The lowest BCUT2D eigenvalue weighted by Crippen LogP contribution is -2.33. The molecule has 1 aliphatic rings. The molecule has 1 amide bonds. The summed E-state index contributed by atoms with van der Waals surface area (Å²) in [5.74, 6) is 0.559. The SMILES string of the molecule is CC1(C)COc2c(Br)cc(Cl)cc2NC1=O. The second-order valence-electron chi connectivity index (χ2n) is 4.39. The molecule has 1 heterocycles. The number of hydrogen-bond donors (Lipinski definition) is 1. The number of amides is 1. The van der Waals surface area contributed by atoms with Crippen LogP contribution >= 0.6 is 27.5 Å². The number of carbonyl (C=O) groups is 1. The van der Waals surface area contributed by atoms with Gasteiger partial charge in [-0.05, 0) is 41.9 Å². The van der Waals surface area contributed by atoms with E-state index in [0.717, 1.165) is 4.47 Å². The Labute approximate surface area is 107 Å². The van der Waals surface area contributed by atoms with Gasteiger partial charge in [0, 0.05) is 5.02 Å². The highest BCUT2D eigenvalue weighted by atomic mass is 79.9. The molecule has 1 N–H and O–H groups in total. The molecule has 5 heteroatoms. The zero-order valence-corrected chi connectivity index (χ0v) is 11.3. The van der Waals surface area contributed by atoms with Crippen LogP contribution in [-0.2, 0) is 4.79 Å². The van der Waals surface area contributed by atoms with Gasteiger partial charge in [0.15, 0.2) is 5.75 Å². The summed E-state index contributed by atoms with van der Waals surface area (Å²) in [6.07, 6.45) is 0. The van der Waals surface area contributed by atoms with E-state index in [1.165, 1.54) is 0 Å². The Kier molecular flexibility index (Phi) is 2.88. The minimum atomic E-state index is -0.551. The molecule has 16 heavy (non-hydrogen) atoms. The van der Waals surface area contributed by atoms with Crippen molar-refractivity contribution in [3.05, 3.63) is 21.6 Å². The third kappa shape index (κ3) is 2.04. The molecule has 0 saturated heterocycles. The Hall–Kier alpha value is -0.740. The molecule has 0 radical (unpaired) electrons. The van der Waals surface area contributed by atoms with Gasteiger partial charge in [0.1, 0.15) is 6.61 Å². The van der Waals surface area contributed by atoms with Crippen LogP contribution in [0.25, 0.3) is 0 Å². The highest BCUT2D eigenvalue weighted by Gasteiger charge is 2.33. The summed E-state index contributed by atoms with van der Waals surface area (Å²) in [5, 5.41) is 3.37. The van der Waals surface area contributed by atoms with Gasteiger partial charge < -0.3 is 10.1 Å². The molecule has 0 unspecified atom stereocenters. The van der Waals surface area contributed by atoms with Crippen molar-refractivity contribution in [1.29, 1.82) is 0 Å². The van der Waals surface area contributed by atoms with Crippen molar-refractivity contribution in [2.75, 3.05) is 11.9 Å². The maximum absolute atomic E-state index is 11.9. The van der Waals surface area contributed by atoms with E-state index < -0.39 is 5.41 Å². The van der Waals surface area contributed by atoms with Gasteiger partial charge in [0.25, 0.3) is 0 Å². The van der Waals surface area contributed by atoms with Gasteiger partial charge in [-0.3, -0.25) is 4.79 Å². The Morgan fingerprint density at radius 2 is 2.19 bits per heavy atom. The summed E-state index contributed by atoms with van der Waals surface area (Å²) in [5.41, 5.74) is 0.0558. The summed E-state index contributed by atoms with van der Waals surface area (Å²) >= 11 is 9.28. The number of fused-ring (bicyclic) bond motifs is 1. The van der Waals surface area contributed by atoms with Gasteiger partial charge in [-0.2, -0.15) is 0 Å². The van der Waals surface area contributed by atoms with Crippen molar-refractivity contribution in [1.82, 2.24) is 0 Å². The fourth-order valence-corrected chi connectivity index (χ4v) is 2.33. The summed E-state index contributed by atoms with van der Waals surface area (Å²) in [6.45, 7) is 4.01. The summed E-state index contributed by atoms with van der Waals surface area (Å²) in [7, 11) is 0. The lowest BCUT2D eigenvalue weighted by atomic mass is 9.94. The fraction of sp³-hybridized carbons (Fsp3) is 0.364. The Bertz CT molecular complexity index is 460. The number of hydrogen-bond acceptors (Lipinski definition) is 2. The molecular weight excluding hydrogens is 293 g/mol. The third-order valence-corrected chi connectivity index (χ3v) is 3.26. The van der Waals surface area contributed by atoms with E-state index in [4.69, 9.17) is 16.3 Å². The Morgan fingerprint density at radius 1 is 1.50 bits per heavy atom. The average molecular weight is 305 g/mol. The van der Waals surface area contributed by atoms with Gasteiger partial charge in [0.2, 0.25) is 5.91 Å². The molecular formula is C11H11BrClNO2. The van der Waals surface area contributed by atoms with Gasteiger partial charge in [-0.1, -0.05) is 11.6 Å². The molecule has 0 saturated carbocycles. The van der Waals surface area contributed by atoms with Crippen LogP contribution in [0, 0.1) is 5.41 Å². The number of carbonyl (C=O) groups excluding carboxylic acids is 1. The smallest absolute Gasteiger partial charge is 0.233 e. The largest absolute Gasteiger partial charge is 0.489 e. The number of benzene rings is 1.